The summed E-state index contributed by atoms with van der Waals surface area (Å²) in [5.41, 5.74) is 6.80. The average molecular weight is 283 g/mol. The van der Waals surface area contributed by atoms with Gasteiger partial charge in [0, 0.05) is 29.1 Å². The molecule has 2 heterocycles. The molecule has 1 aromatic carbocycles. The van der Waals surface area contributed by atoms with E-state index in [0.29, 0.717) is 0 Å². The third kappa shape index (κ3) is 2.16. The zero-order chi connectivity index (χ0) is 14.3. The number of hydrogen-bond donors (Lipinski definition) is 1. The summed E-state index contributed by atoms with van der Waals surface area (Å²) in [7, 11) is 1.89. The van der Waals surface area contributed by atoms with E-state index >= 15 is 0 Å². The van der Waals surface area contributed by atoms with Crippen molar-refractivity contribution in [2.75, 3.05) is 12.4 Å². The molecule has 2 aromatic heterocycles. The van der Waals surface area contributed by atoms with Gasteiger partial charge in [-0.05, 0) is 50.1 Å². The summed E-state index contributed by atoms with van der Waals surface area (Å²) in [5.74, 6) is 0. The molecule has 0 aliphatic heterocycles. The van der Waals surface area contributed by atoms with Crippen molar-refractivity contribution in [2.45, 2.75) is 20.8 Å². The number of thiazole rings is 1. The molecule has 0 fully saturated rings. The Morgan fingerprint density at radius 1 is 1.00 bits per heavy atom. The van der Waals surface area contributed by atoms with Crippen LogP contribution in [-0.2, 0) is 0 Å². The summed E-state index contributed by atoms with van der Waals surface area (Å²) in [6.07, 6.45) is 0. The molecule has 0 unspecified atom stereocenters. The molecule has 102 valence electrons. The maximum atomic E-state index is 4.65. The van der Waals surface area contributed by atoms with Crippen LogP contribution in [0.25, 0.3) is 22.2 Å². The second-order valence-electron chi connectivity index (χ2n) is 5.05. The third-order valence-electron chi connectivity index (χ3n) is 3.55. The number of aryl methyl sites for hydroxylation is 3. The molecule has 0 aliphatic carbocycles. The van der Waals surface area contributed by atoms with Crippen LogP contribution in [0, 0.1) is 20.8 Å². The quantitative estimate of drug-likeness (QED) is 0.761. The average Bonchev–Trinajstić information content (AvgIpc) is 2.88. The Morgan fingerprint density at radius 3 is 2.45 bits per heavy atom. The standard InChI is InChI=1S/C16H17N3S/c1-9-5-12-13(15-8-20-16(17-4)19-15)7-11(3)18-14(12)6-10(9)2/h5-8H,1-4H3,(H,17,19). The van der Waals surface area contributed by atoms with Gasteiger partial charge in [0.1, 0.15) is 0 Å². The predicted molar refractivity (Wildman–Crippen MR) is 86.6 cm³/mol. The van der Waals surface area contributed by atoms with E-state index < -0.39 is 0 Å². The minimum Gasteiger partial charge on any atom is -0.365 e. The smallest absolute Gasteiger partial charge is 0.182 e. The van der Waals surface area contributed by atoms with Crippen LogP contribution in [0.15, 0.2) is 23.6 Å². The first-order valence-electron chi connectivity index (χ1n) is 6.60. The Hall–Kier alpha value is -1.94. The number of nitrogens with zero attached hydrogens (tertiary/aromatic N) is 2. The molecule has 0 bridgehead atoms. The minimum atomic E-state index is 0.937. The number of aromatic nitrogens is 2. The fourth-order valence-corrected chi connectivity index (χ4v) is 3.01. The highest BCUT2D eigenvalue weighted by Gasteiger charge is 2.11. The Morgan fingerprint density at radius 2 is 1.75 bits per heavy atom. The fourth-order valence-electron chi connectivity index (χ4n) is 2.34. The predicted octanol–water partition coefficient (Wildman–Crippen LogP) is 4.33. The lowest BCUT2D eigenvalue weighted by molar-refractivity contribution is 1.24. The van der Waals surface area contributed by atoms with Gasteiger partial charge in [0.2, 0.25) is 0 Å². The van der Waals surface area contributed by atoms with Gasteiger partial charge in [-0.1, -0.05) is 0 Å². The van der Waals surface area contributed by atoms with Crippen LogP contribution in [0.4, 0.5) is 5.13 Å². The first kappa shape index (κ1) is 13.1. The van der Waals surface area contributed by atoms with Crippen molar-refractivity contribution in [3.63, 3.8) is 0 Å². The van der Waals surface area contributed by atoms with Gasteiger partial charge in [-0.3, -0.25) is 4.98 Å². The summed E-state index contributed by atoms with van der Waals surface area (Å²) >= 11 is 1.62. The van der Waals surface area contributed by atoms with Crippen molar-refractivity contribution in [2.24, 2.45) is 0 Å². The van der Waals surface area contributed by atoms with E-state index in [1.165, 1.54) is 16.5 Å². The van der Waals surface area contributed by atoms with Crippen molar-refractivity contribution in [3.8, 4) is 11.3 Å². The number of pyridine rings is 1. The molecule has 0 saturated heterocycles. The van der Waals surface area contributed by atoms with Crippen LogP contribution in [0.5, 0.6) is 0 Å². The van der Waals surface area contributed by atoms with Crippen molar-refractivity contribution in [1.29, 1.82) is 0 Å². The van der Waals surface area contributed by atoms with E-state index in [-0.39, 0.29) is 0 Å². The van der Waals surface area contributed by atoms with Gasteiger partial charge >= 0.3 is 0 Å². The zero-order valence-corrected chi connectivity index (χ0v) is 12.9. The molecular weight excluding hydrogens is 266 g/mol. The van der Waals surface area contributed by atoms with Gasteiger partial charge in [-0.2, -0.15) is 0 Å². The molecular formula is C16H17N3S. The summed E-state index contributed by atoms with van der Waals surface area (Å²) in [6, 6.07) is 6.49. The van der Waals surface area contributed by atoms with Crippen LogP contribution in [0.3, 0.4) is 0 Å². The SMILES string of the molecule is CNc1nc(-c2cc(C)nc3cc(C)c(C)cc23)cs1. The number of fused-ring (bicyclic) bond motifs is 1. The van der Waals surface area contributed by atoms with Gasteiger partial charge in [0.15, 0.2) is 5.13 Å². The highest BCUT2D eigenvalue weighted by molar-refractivity contribution is 7.14. The molecule has 0 aliphatic rings. The van der Waals surface area contributed by atoms with Gasteiger partial charge in [0.05, 0.1) is 11.2 Å². The topological polar surface area (TPSA) is 37.8 Å². The normalized spacial score (nSPS) is 11.0. The number of nitrogens with one attached hydrogen (secondary N) is 1. The Kier molecular flexibility index (Phi) is 3.18. The highest BCUT2D eigenvalue weighted by atomic mass is 32.1. The van der Waals surface area contributed by atoms with Gasteiger partial charge in [-0.25, -0.2) is 4.98 Å². The molecule has 0 spiro atoms. The molecule has 0 radical (unpaired) electrons. The van der Waals surface area contributed by atoms with Crippen LogP contribution in [0.2, 0.25) is 0 Å². The maximum absolute atomic E-state index is 4.65. The molecule has 4 heteroatoms. The number of rotatable bonds is 2. The fraction of sp³-hybridized carbons (Fsp3) is 0.250. The lowest BCUT2D eigenvalue weighted by Gasteiger charge is -2.09. The first-order chi connectivity index (χ1) is 9.58. The molecule has 0 amide bonds. The Bertz CT molecular complexity index is 790. The van der Waals surface area contributed by atoms with E-state index in [4.69, 9.17) is 0 Å². The second kappa shape index (κ2) is 4.87. The summed E-state index contributed by atoms with van der Waals surface area (Å²) in [6.45, 7) is 6.29. The van der Waals surface area contributed by atoms with Gasteiger partial charge in [-0.15, -0.1) is 11.3 Å². The summed E-state index contributed by atoms with van der Waals surface area (Å²) in [4.78, 5) is 9.27. The number of benzene rings is 1. The zero-order valence-electron chi connectivity index (χ0n) is 12.1. The molecule has 3 rings (SSSR count). The van der Waals surface area contributed by atoms with Gasteiger partial charge < -0.3 is 5.32 Å². The lowest BCUT2D eigenvalue weighted by atomic mass is 10.0. The van der Waals surface area contributed by atoms with Crippen LogP contribution < -0.4 is 5.32 Å². The summed E-state index contributed by atoms with van der Waals surface area (Å²) in [5, 5.41) is 7.29. The lowest BCUT2D eigenvalue weighted by Crippen LogP contribution is -1.92. The van der Waals surface area contributed by atoms with E-state index in [9.17, 15) is 0 Å². The van der Waals surface area contributed by atoms with Crippen LogP contribution in [0.1, 0.15) is 16.8 Å². The Balaban J connectivity index is 2.31. The van der Waals surface area contributed by atoms with E-state index in [2.05, 4.69) is 52.7 Å². The van der Waals surface area contributed by atoms with E-state index in [0.717, 1.165) is 27.6 Å². The molecule has 0 atom stereocenters. The second-order valence-corrected chi connectivity index (χ2v) is 5.91. The summed E-state index contributed by atoms with van der Waals surface area (Å²) < 4.78 is 0. The van der Waals surface area contributed by atoms with E-state index in [1.807, 2.05) is 14.0 Å². The van der Waals surface area contributed by atoms with Crippen molar-refractivity contribution >= 4 is 27.4 Å². The molecule has 0 saturated carbocycles. The first-order valence-corrected chi connectivity index (χ1v) is 7.48. The molecule has 1 N–H and O–H groups in total. The van der Waals surface area contributed by atoms with Crippen molar-refractivity contribution < 1.29 is 0 Å². The third-order valence-corrected chi connectivity index (χ3v) is 4.41. The maximum Gasteiger partial charge on any atom is 0.182 e. The number of anilines is 1. The van der Waals surface area contributed by atoms with Crippen molar-refractivity contribution in [3.05, 3.63) is 40.4 Å². The Labute approximate surface area is 122 Å². The molecule has 3 nitrogen and oxygen atoms in total. The van der Waals surface area contributed by atoms with Crippen LogP contribution in [-0.4, -0.2) is 17.0 Å². The highest BCUT2D eigenvalue weighted by Crippen LogP contribution is 2.32. The largest absolute Gasteiger partial charge is 0.365 e. The van der Waals surface area contributed by atoms with Crippen molar-refractivity contribution in [1.82, 2.24) is 9.97 Å². The minimum absolute atomic E-state index is 0.937. The monoisotopic (exact) mass is 283 g/mol. The van der Waals surface area contributed by atoms with Crippen LogP contribution >= 0.6 is 11.3 Å². The molecule has 20 heavy (non-hydrogen) atoms. The van der Waals surface area contributed by atoms with Gasteiger partial charge in [0.25, 0.3) is 0 Å². The van der Waals surface area contributed by atoms with E-state index in [1.54, 1.807) is 11.3 Å². The molecule has 3 aromatic rings. The number of hydrogen-bond acceptors (Lipinski definition) is 4.